The molecule has 2 amide bonds. The van der Waals surface area contributed by atoms with E-state index in [-0.39, 0.29) is 24.8 Å². The molecule has 1 aliphatic rings. The summed E-state index contributed by atoms with van der Waals surface area (Å²) in [5, 5.41) is 2.86. The molecule has 0 saturated carbocycles. The second-order valence-corrected chi connectivity index (χ2v) is 5.68. The van der Waals surface area contributed by atoms with E-state index in [4.69, 9.17) is 9.47 Å². The number of para-hydroxylation sites is 2. The van der Waals surface area contributed by atoms with Crippen molar-refractivity contribution in [1.29, 1.82) is 0 Å². The maximum absolute atomic E-state index is 12.1. The lowest BCUT2D eigenvalue weighted by Gasteiger charge is -2.29. The molecule has 6 heteroatoms. The Hall–Kier alpha value is -3.02. The van der Waals surface area contributed by atoms with Crippen LogP contribution >= 0.6 is 0 Å². The highest BCUT2D eigenvalue weighted by molar-refractivity contribution is 5.98. The maximum Gasteiger partial charge on any atom is 0.265 e. The highest BCUT2D eigenvalue weighted by Crippen LogP contribution is 2.31. The molecule has 3 rings (SSSR count). The van der Waals surface area contributed by atoms with Crippen molar-refractivity contribution < 1.29 is 19.1 Å². The van der Waals surface area contributed by atoms with Gasteiger partial charge >= 0.3 is 0 Å². The van der Waals surface area contributed by atoms with Crippen LogP contribution in [0.15, 0.2) is 48.5 Å². The van der Waals surface area contributed by atoms with Crippen LogP contribution in [-0.2, 0) is 16.1 Å². The van der Waals surface area contributed by atoms with E-state index in [0.29, 0.717) is 24.5 Å². The predicted octanol–water partition coefficient (Wildman–Crippen LogP) is 2.13. The van der Waals surface area contributed by atoms with Gasteiger partial charge in [0.05, 0.1) is 12.8 Å². The van der Waals surface area contributed by atoms with Crippen LogP contribution in [0.25, 0.3) is 0 Å². The first-order valence-corrected chi connectivity index (χ1v) is 8.09. The molecular formula is C19H20N2O4. The number of hydrogen-bond acceptors (Lipinski definition) is 4. The number of amides is 2. The first-order chi connectivity index (χ1) is 12.2. The summed E-state index contributed by atoms with van der Waals surface area (Å²) in [4.78, 5) is 25.8. The summed E-state index contributed by atoms with van der Waals surface area (Å²) in [5.41, 5.74) is 1.67. The Balaban J connectivity index is 1.54. The summed E-state index contributed by atoms with van der Waals surface area (Å²) in [6, 6.07) is 14.9. The minimum atomic E-state index is -0.140. The summed E-state index contributed by atoms with van der Waals surface area (Å²) in [7, 11) is 1.61. The number of nitrogens with zero attached hydrogens (tertiary/aromatic N) is 1. The quantitative estimate of drug-likeness (QED) is 0.875. The molecule has 0 radical (unpaired) electrons. The highest BCUT2D eigenvalue weighted by atomic mass is 16.5. The molecule has 0 spiro atoms. The van der Waals surface area contributed by atoms with Gasteiger partial charge in [-0.3, -0.25) is 9.59 Å². The van der Waals surface area contributed by atoms with Crippen molar-refractivity contribution in [2.45, 2.75) is 13.0 Å². The number of carbonyl (C=O) groups is 2. The molecule has 0 saturated heterocycles. The van der Waals surface area contributed by atoms with Crippen LogP contribution in [0.2, 0.25) is 0 Å². The fourth-order valence-electron chi connectivity index (χ4n) is 2.68. The zero-order valence-corrected chi connectivity index (χ0v) is 14.0. The van der Waals surface area contributed by atoms with E-state index in [1.165, 1.54) is 0 Å². The first kappa shape index (κ1) is 16.8. The highest BCUT2D eigenvalue weighted by Gasteiger charge is 2.25. The van der Waals surface area contributed by atoms with E-state index in [1.54, 1.807) is 12.0 Å². The Kier molecular flexibility index (Phi) is 5.18. The third-order valence-corrected chi connectivity index (χ3v) is 3.99. The summed E-state index contributed by atoms with van der Waals surface area (Å²) >= 11 is 0. The number of carbonyl (C=O) groups excluding carboxylic acids is 2. The Labute approximate surface area is 146 Å². The van der Waals surface area contributed by atoms with Crippen LogP contribution in [-0.4, -0.2) is 32.1 Å². The average Bonchev–Trinajstić information content (AvgIpc) is 2.65. The molecule has 0 aromatic heterocycles. The number of benzene rings is 2. The van der Waals surface area contributed by atoms with Gasteiger partial charge in [0.15, 0.2) is 6.61 Å². The van der Waals surface area contributed by atoms with Gasteiger partial charge in [-0.05, 0) is 29.8 Å². The zero-order valence-electron chi connectivity index (χ0n) is 14.0. The van der Waals surface area contributed by atoms with E-state index in [2.05, 4.69) is 5.32 Å². The van der Waals surface area contributed by atoms with E-state index in [0.717, 1.165) is 11.3 Å². The fraction of sp³-hybridized carbons (Fsp3) is 0.263. The van der Waals surface area contributed by atoms with E-state index in [9.17, 15) is 9.59 Å². The number of anilines is 1. The minimum absolute atomic E-state index is 0.00242. The van der Waals surface area contributed by atoms with Gasteiger partial charge in [0, 0.05) is 19.5 Å². The zero-order chi connectivity index (χ0) is 17.6. The molecule has 0 aliphatic carbocycles. The Morgan fingerprint density at radius 3 is 2.92 bits per heavy atom. The number of hydrogen-bond donors (Lipinski definition) is 1. The van der Waals surface area contributed by atoms with Crippen molar-refractivity contribution in [1.82, 2.24) is 5.32 Å². The number of methoxy groups -OCH3 is 1. The molecule has 0 bridgehead atoms. The molecule has 6 nitrogen and oxygen atoms in total. The normalized spacial score (nSPS) is 13.0. The lowest BCUT2D eigenvalue weighted by atomic mass is 10.2. The molecular weight excluding hydrogens is 320 g/mol. The monoisotopic (exact) mass is 340 g/mol. The third-order valence-electron chi connectivity index (χ3n) is 3.99. The molecule has 2 aromatic carbocycles. The number of rotatable bonds is 6. The minimum Gasteiger partial charge on any atom is -0.497 e. The topological polar surface area (TPSA) is 67.9 Å². The molecule has 1 heterocycles. The van der Waals surface area contributed by atoms with Gasteiger partial charge in [0.1, 0.15) is 11.5 Å². The van der Waals surface area contributed by atoms with Crippen LogP contribution in [0.5, 0.6) is 11.5 Å². The Morgan fingerprint density at radius 1 is 1.24 bits per heavy atom. The molecule has 0 fully saturated rings. The lowest BCUT2D eigenvalue weighted by molar-refractivity contribution is -0.122. The second-order valence-electron chi connectivity index (χ2n) is 5.68. The van der Waals surface area contributed by atoms with Crippen LogP contribution in [0.1, 0.15) is 12.0 Å². The smallest absolute Gasteiger partial charge is 0.265 e. The molecule has 1 aliphatic heterocycles. The van der Waals surface area contributed by atoms with Crippen molar-refractivity contribution in [3.63, 3.8) is 0 Å². The first-order valence-electron chi connectivity index (χ1n) is 8.09. The van der Waals surface area contributed by atoms with E-state index in [1.807, 2.05) is 48.5 Å². The summed E-state index contributed by atoms with van der Waals surface area (Å²) in [6.45, 7) is 0.745. The van der Waals surface area contributed by atoms with Crippen LogP contribution in [0.3, 0.4) is 0 Å². The largest absolute Gasteiger partial charge is 0.497 e. The summed E-state index contributed by atoms with van der Waals surface area (Å²) in [6.07, 6.45) is 0.226. The van der Waals surface area contributed by atoms with Crippen molar-refractivity contribution in [3.8, 4) is 11.5 Å². The molecule has 130 valence electrons. The number of fused-ring (bicyclic) bond motifs is 1. The second kappa shape index (κ2) is 7.70. The molecule has 1 N–H and O–H groups in total. The van der Waals surface area contributed by atoms with Crippen LogP contribution in [0.4, 0.5) is 5.69 Å². The molecule has 2 aromatic rings. The van der Waals surface area contributed by atoms with Crippen LogP contribution < -0.4 is 19.7 Å². The van der Waals surface area contributed by atoms with Gasteiger partial charge in [-0.25, -0.2) is 0 Å². The fourth-order valence-corrected chi connectivity index (χ4v) is 2.68. The molecule has 25 heavy (non-hydrogen) atoms. The van der Waals surface area contributed by atoms with Gasteiger partial charge in [-0.2, -0.15) is 0 Å². The van der Waals surface area contributed by atoms with Crippen molar-refractivity contribution in [3.05, 3.63) is 54.1 Å². The van der Waals surface area contributed by atoms with E-state index < -0.39 is 0 Å². The number of nitrogens with one attached hydrogen (secondary N) is 1. The van der Waals surface area contributed by atoms with Crippen molar-refractivity contribution >= 4 is 17.5 Å². The van der Waals surface area contributed by atoms with Gasteiger partial charge in [-0.1, -0.05) is 24.3 Å². The van der Waals surface area contributed by atoms with Gasteiger partial charge in [0.25, 0.3) is 5.91 Å². The standard InChI is InChI=1S/C19H20N2O4/c1-24-15-6-4-5-14(11-15)12-20-18(22)9-10-21-16-7-2-3-8-17(16)25-13-19(21)23/h2-8,11H,9-10,12-13H2,1H3,(H,20,22). The molecule has 0 atom stereocenters. The van der Waals surface area contributed by atoms with Gasteiger partial charge in [0.2, 0.25) is 5.91 Å². The number of ether oxygens (including phenoxy) is 2. The average molecular weight is 340 g/mol. The predicted molar refractivity (Wildman–Crippen MR) is 93.7 cm³/mol. The Morgan fingerprint density at radius 2 is 2.08 bits per heavy atom. The summed E-state index contributed by atoms with van der Waals surface area (Å²) < 4.78 is 10.6. The van der Waals surface area contributed by atoms with Gasteiger partial charge in [-0.15, -0.1) is 0 Å². The van der Waals surface area contributed by atoms with Crippen LogP contribution in [0, 0.1) is 0 Å². The van der Waals surface area contributed by atoms with Crippen molar-refractivity contribution in [2.75, 3.05) is 25.2 Å². The lowest BCUT2D eigenvalue weighted by Crippen LogP contribution is -2.41. The SMILES string of the molecule is COc1cccc(CNC(=O)CCN2C(=O)COc3ccccc32)c1. The summed E-state index contributed by atoms with van der Waals surface area (Å²) in [5.74, 6) is 1.17. The third kappa shape index (κ3) is 4.09. The maximum atomic E-state index is 12.1. The molecule has 0 unspecified atom stereocenters. The van der Waals surface area contributed by atoms with Crippen molar-refractivity contribution in [2.24, 2.45) is 0 Å². The van der Waals surface area contributed by atoms with Gasteiger partial charge < -0.3 is 19.7 Å². The Bertz CT molecular complexity index is 776. The van der Waals surface area contributed by atoms with E-state index >= 15 is 0 Å².